The van der Waals surface area contributed by atoms with Crippen LogP contribution >= 0.6 is 0 Å². The maximum atomic E-state index is 13.5. The van der Waals surface area contributed by atoms with Crippen molar-refractivity contribution in [1.82, 2.24) is 9.88 Å². The molecule has 0 aliphatic carbocycles. The van der Waals surface area contributed by atoms with Crippen molar-refractivity contribution in [3.63, 3.8) is 0 Å². The largest absolute Gasteiger partial charge is 0.487 e. The number of urea groups is 1. The Morgan fingerprint density at radius 3 is 2.18 bits per heavy atom. The Morgan fingerprint density at radius 1 is 0.816 bits per heavy atom. The number of nitrogens with zero attached hydrogens (tertiary/aromatic N) is 3. The molecule has 4 aromatic carbocycles. The molecular formula is C32H29N3O3. The number of aliphatic hydroxyl groups excluding tert-OH is 1. The smallest absolute Gasteiger partial charge is 0.328 e. The highest BCUT2D eigenvalue weighted by atomic mass is 16.5. The lowest BCUT2D eigenvalue weighted by atomic mass is 10.1. The average Bonchev–Trinajstić information content (AvgIpc) is 2.97. The van der Waals surface area contributed by atoms with Crippen LogP contribution in [0.3, 0.4) is 0 Å². The number of carbonyl (C=O) groups excluding carboxylic acids is 1. The van der Waals surface area contributed by atoms with Crippen LogP contribution in [-0.4, -0.2) is 34.6 Å². The number of benzene rings is 4. The first-order valence-corrected chi connectivity index (χ1v) is 12.5. The van der Waals surface area contributed by atoms with Crippen molar-refractivity contribution in [2.75, 3.05) is 18.5 Å². The molecule has 1 heterocycles. The maximum absolute atomic E-state index is 13.5. The first kappa shape index (κ1) is 25.0. The Morgan fingerprint density at radius 2 is 1.47 bits per heavy atom. The van der Waals surface area contributed by atoms with Crippen LogP contribution in [0.25, 0.3) is 10.9 Å². The molecule has 5 rings (SSSR count). The number of amides is 2. The van der Waals surface area contributed by atoms with Crippen LogP contribution in [0.2, 0.25) is 0 Å². The molecule has 6 heteroatoms. The molecule has 38 heavy (non-hydrogen) atoms. The predicted octanol–water partition coefficient (Wildman–Crippen LogP) is 6.74. The lowest BCUT2D eigenvalue weighted by molar-refractivity contribution is 0.134. The standard InChI is InChI=1S/C32H29N3O3/c1-34(32(37)35(27-13-4-2-5-14-27)28-15-6-3-7-16-28)22-31(36)25-12-10-17-29(21-25)38-23-26-20-19-24-11-8-9-18-30(24)33-26/h2-21,31,36H,22-23H2,1H3/t31-/m0/s1. The van der Waals surface area contributed by atoms with Crippen molar-refractivity contribution in [2.45, 2.75) is 12.7 Å². The molecule has 0 bridgehead atoms. The summed E-state index contributed by atoms with van der Waals surface area (Å²) in [5.74, 6) is 0.626. The average molecular weight is 504 g/mol. The van der Waals surface area contributed by atoms with Gasteiger partial charge in [-0.1, -0.05) is 72.8 Å². The van der Waals surface area contributed by atoms with Crippen molar-refractivity contribution >= 4 is 28.3 Å². The van der Waals surface area contributed by atoms with Gasteiger partial charge in [-0.05, 0) is 54.1 Å². The minimum atomic E-state index is -0.889. The van der Waals surface area contributed by atoms with E-state index in [9.17, 15) is 9.90 Å². The monoisotopic (exact) mass is 503 g/mol. The van der Waals surface area contributed by atoms with Crippen LogP contribution < -0.4 is 9.64 Å². The molecule has 0 saturated heterocycles. The fraction of sp³-hybridized carbons (Fsp3) is 0.125. The van der Waals surface area contributed by atoms with Crippen LogP contribution in [0.1, 0.15) is 17.4 Å². The van der Waals surface area contributed by atoms with E-state index in [-0.39, 0.29) is 12.6 Å². The number of aromatic nitrogens is 1. The number of para-hydroxylation sites is 3. The summed E-state index contributed by atoms with van der Waals surface area (Å²) >= 11 is 0. The Balaban J connectivity index is 1.26. The summed E-state index contributed by atoms with van der Waals surface area (Å²) in [6, 6.07) is 38.0. The number of pyridine rings is 1. The molecule has 5 aromatic rings. The number of rotatable bonds is 8. The van der Waals surface area contributed by atoms with Gasteiger partial charge in [0.25, 0.3) is 0 Å². The first-order chi connectivity index (χ1) is 18.6. The molecule has 0 unspecified atom stereocenters. The first-order valence-electron chi connectivity index (χ1n) is 12.5. The molecule has 0 aliphatic rings. The summed E-state index contributed by atoms with van der Waals surface area (Å²) in [6.45, 7) is 0.427. The Bertz CT molecular complexity index is 1470. The van der Waals surface area contributed by atoms with Gasteiger partial charge in [-0.3, -0.25) is 4.90 Å². The van der Waals surface area contributed by atoms with Crippen molar-refractivity contribution in [2.24, 2.45) is 0 Å². The van der Waals surface area contributed by atoms with Gasteiger partial charge in [0, 0.05) is 12.4 Å². The zero-order valence-electron chi connectivity index (χ0n) is 21.1. The number of hydrogen-bond acceptors (Lipinski definition) is 4. The quantitative estimate of drug-likeness (QED) is 0.255. The van der Waals surface area contributed by atoms with Crippen LogP contribution in [0, 0.1) is 0 Å². The van der Waals surface area contributed by atoms with E-state index in [4.69, 9.17) is 4.74 Å². The number of fused-ring (bicyclic) bond motifs is 1. The number of aliphatic hydroxyl groups is 1. The minimum absolute atomic E-state index is 0.116. The van der Waals surface area contributed by atoms with E-state index in [0.717, 1.165) is 28.0 Å². The van der Waals surface area contributed by atoms with Gasteiger partial charge in [0.2, 0.25) is 0 Å². The van der Waals surface area contributed by atoms with Gasteiger partial charge in [-0.2, -0.15) is 0 Å². The normalized spacial score (nSPS) is 11.6. The van der Waals surface area contributed by atoms with Gasteiger partial charge < -0.3 is 14.7 Å². The fourth-order valence-corrected chi connectivity index (χ4v) is 4.30. The van der Waals surface area contributed by atoms with E-state index in [1.54, 1.807) is 18.0 Å². The van der Waals surface area contributed by atoms with Gasteiger partial charge in [0.1, 0.15) is 12.4 Å². The van der Waals surface area contributed by atoms with E-state index in [1.807, 2.05) is 115 Å². The van der Waals surface area contributed by atoms with Gasteiger partial charge in [0.15, 0.2) is 0 Å². The van der Waals surface area contributed by atoms with Crippen molar-refractivity contribution < 1.29 is 14.6 Å². The molecule has 1 aromatic heterocycles. The number of ether oxygens (including phenoxy) is 1. The van der Waals surface area contributed by atoms with E-state index in [0.29, 0.717) is 17.9 Å². The lowest BCUT2D eigenvalue weighted by Gasteiger charge is -2.29. The summed E-state index contributed by atoms with van der Waals surface area (Å²) in [5.41, 5.74) is 3.91. The fourth-order valence-electron chi connectivity index (χ4n) is 4.30. The Hall–Kier alpha value is -4.68. The number of hydrogen-bond donors (Lipinski definition) is 1. The summed E-state index contributed by atoms with van der Waals surface area (Å²) in [7, 11) is 1.69. The Labute approximate surface area is 222 Å². The van der Waals surface area contributed by atoms with Crippen molar-refractivity contribution in [3.8, 4) is 5.75 Å². The topological polar surface area (TPSA) is 65.9 Å². The maximum Gasteiger partial charge on any atom is 0.328 e. The second kappa shape index (κ2) is 11.6. The van der Waals surface area contributed by atoms with E-state index < -0.39 is 6.10 Å². The highest BCUT2D eigenvalue weighted by molar-refractivity contribution is 5.99. The van der Waals surface area contributed by atoms with E-state index in [2.05, 4.69) is 4.98 Å². The molecule has 6 nitrogen and oxygen atoms in total. The summed E-state index contributed by atoms with van der Waals surface area (Å²) in [5, 5.41) is 12.1. The van der Waals surface area contributed by atoms with Gasteiger partial charge in [0.05, 0.1) is 35.2 Å². The van der Waals surface area contributed by atoms with Crippen LogP contribution in [0.15, 0.2) is 121 Å². The van der Waals surface area contributed by atoms with E-state index >= 15 is 0 Å². The molecule has 1 N–H and O–H groups in total. The zero-order chi connectivity index (χ0) is 26.3. The van der Waals surface area contributed by atoms with Crippen LogP contribution in [0.4, 0.5) is 16.2 Å². The highest BCUT2D eigenvalue weighted by Gasteiger charge is 2.24. The molecule has 0 radical (unpaired) electrons. The molecule has 0 saturated carbocycles. The third-order valence-electron chi connectivity index (χ3n) is 6.28. The molecule has 190 valence electrons. The molecule has 0 aliphatic heterocycles. The molecule has 2 amide bonds. The zero-order valence-corrected chi connectivity index (χ0v) is 21.1. The second-order valence-electron chi connectivity index (χ2n) is 9.04. The third kappa shape index (κ3) is 5.82. The van der Waals surface area contributed by atoms with E-state index in [1.165, 1.54) is 4.90 Å². The minimum Gasteiger partial charge on any atom is -0.487 e. The number of anilines is 2. The van der Waals surface area contributed by atoms with Gasteiger partial charge in [-0.15, -0.1) is 0 Å². The third-order valence-corrected chi connectivity index (χ3v) is 6.28. The number of carbonyl (C=O) groups is 1. The second-order valence-corrected chi connectivity index (χ2v) is 9.04. The van der Waals surface area contributed by atoms with Crippen molar-refractivity contribution in [3.05, 3.63) is 133 Å². The van der Waals surface area contributed by atoms with Crippen molar-refractivity contribution in [1.29, 1.82) is 0 Å². The highest BCUT2D eigenvalue weighted by Crippen LogP contribution is 2.27. The van der Waals surface area contributed by atoms with Crippen LogP contribution in [-0.2, 0) is 6.61 Å². The molecular weight excluding hydrogens is 474 g/mol. The summed E-state index contributed by atoms with van der Waals surface area (Å²) in [4.78, 5) is 21.4. The predicted molar refractivity (Wildman–Crippen MR) is 151 cm³/mol. The lowest BCUT2D eigenvalue weighted by Crippen LogP contribution is -2.40. The molecule has 0 fully saturated rings. The molecule has 0 spiro atoms. The number of likely N-dealkylation sites (N-methyl/N-ethyl adjacent to an activating group) is 1. The van der Waals surface area contributed by atoms with Gasteiger partial charge in [-0.25, -0.2) is 9.78 Å². The van der Waals surface area contributed by atoms with Crippen LogP contribution in [0.5, 0.6) is 5.75 Å². The SMILES string of the molecule is CN(C[C@H](O)c1cccc(OCc2ccc3ccccc3n2)c1)C(=O)N(c1ccccc1)c1ccccc1. The Kier molecular flexibility index (Phi) is 7.62. The molecule has 1 atom stereocenters. The summed E-state index contributed by atoms with van der Waals surface area (Å²) in [6.07, 6.45) is -0.889. The van der Waals surface area contributed by atoms with Gasteiger partial charge >= 0.3 is 6.03 Å². The summed E-state index contributed by atoms with van der Waals surface area (Å²) < 4.78 is 5.98.